The van der Waals surface area contributed by atoms with Gasteiger partial charge in [-0.05, 0) is 64.2 Å². The zero-order valence-corrected chi connectivity index (χ0v) is 34.6. The molecule has 0 aromatic heterocycles. The Morgan fingerprint density at radius 2 is 0.925 bits per heavy atom. The molecule has 0 aliphatic rings. The second-order valence-electron chi connectivity index (χ2n) is 14.4. The number of carbonyl (C=O) groups excluding carboxylic acids is 2. The average molecular weight is 775 g/mol. The van der Waals surface area contributed by atoms with Gasteiger partial charge in [0.1, 0.15) is 12.7 Å². The molecule has 10 nitrogen and oxygen atoms in total. The topological polar surface area (TPSA) is 149 Å². The Morgan fingerprint density at radius 1 is 0.547 bits per heavy atom. The van der Waals surface area contributed by atoms with Crippen LogP contribution >= 0.6 is 7.82 Å². The van der Waals surface area contributed by atoms with Crippen molar-refractivity contribution in [2.45, 2.75) is 206 Å². The van der Waals surface area contributed by atoms with Crippen molar-refractivity contribution >= 4 is 19.8 Å². The fourth-order valence-electron chi connectivity index (χ4n) is 5.75. The first kappa shape index (κ1) is 51.5. The first-order valence-electron chi connectivity index (χ1n) is 21.3. The van der Waals surface area contributed by atoms with E-state index >= 15 is 0 Å². The first-order valence-corrected chi connectivity index (χ1v) is 22.8. The quantitative estimate of drug-likeness (QED) is 0.0238. The number of phosphoric ester groups is 1. The second-order valence-corrected chi connectivity index (χ2v) is 15.8. The lowest BCUT2D eigenvalue weighted by molar-refractivity contribution is -0.161. The third-order valence-electron chi connectivity index (χ3n) is 9.08. The Kier molecular flexibility index (Phi) is 37.6. The number of rotatable bonds is 40. The van der Waals surface area contributed by atoms with E-state index in [4.69, 9.17) is 19.1 Å². The molecule has 11 heteroatoms. The molecule has 0 aromatic carbocycles. The van der Waals surface area contributed by atoms with Crippen molar-refractivity contribution in [1.29, 1.82) is 0 Å². The third-order valence-corrected chi connectivity index (χ3v) is 10.0. The van der Waals surface area contributed by atoms with Gasteiger partial charge in [0, 0.05) is 12.8 Å². The molecule has 0 aliphatic carbocycles. The van der Waals surface area contributed by atoms with Gasteiger partial charge in [-0.25, -0.2) is 4.57 Å². The minimum Gasteiger partial charge on any atom is -0.462 e. The molecule has 0 aliphatic heterocycles. The van der Waals surface area contributed by atoms with Crippen LogP contribution in [0.1, 0.15) is 194 Å². The van der Waals surface area contributed by atoms with Crippen molar-refractivity contribution in [2.75, 3.05) is 26.4 Å². The zero-order chi connectivity index (χ0) is 39.1. The van der Waals surface area contributed by atoms with Crippen LogP contribution in [0.15, 0.2) is 24.3 Å². The van der Waals surface area contributed by atoms with Crippen LogP contribution in [0.5, 0.6) is 0 Å². The highest BCUT2D eigenvalue weighted by Gasteiger charge is 2.27. The molecule has 53 heavy (non-hydrogen) atoms. The van der Waals surface area contributed by atoms with E-state index in [9.17, 15) is 24.2 Å². The number of aliphatic hydroxyl groups excluding tert-OH is 2. The molecular formula is C42H79O10P. The Labute approximate surface area is 323 Å². The van der Waals surface area contributed by atoms with E-state index < -0.39 is 51.8 Å². The molecule has 0 aromatic rings. The van der Waals surface area contributed by atoms with Gasteiger partial charge in [0.15, 0.2) is 6.10 Å². The molecule has 0 radical (unpaired) electrons. The van der Waals surface area contributed by atoms with Crippen molar-refractivity contribution in [3.05, 3.63) is 24.3 Å². The maximum atomic E-state index is 12.6. The van der Waals surface area contributed by atoms with Gasteiger partial charge in [0.2, 0.25) is 0 Å². The number of hydrogen-bond donors (Lipinski definition) is 3. The van der Waals surface area contributed by atoms with Gasteiger partial charge in [-0.2, -0.15) is 0 Å². The normalized spacial score (nSPS) is 14.1. The Morgan fingerprint density at radius 3 is 1.38 bits per heavy atom. The summed E-state index contributed by atoms with van der Waals surface area (Å²) in [5.41, 5.74) is 0. The Hall–Kier alpha value is -1.55. The highest BCUT2D eigenvalue weighted by molar-refractivity contribution is 7.47. The minimum absolute atomic E-state index is 0.173. The van der Waals surface area contributed by atoms with Gasteiger partial charge in [-0.3, -0.25) is 18.6 Å². The third kappa shape index (κ3) is 38.5. The van der Waals surface area contributed by atoms with Crippen molar-refractivity contribution in [1.82, 2.24) is 0 Å². The molecule has 0 saturated heterocycles. The van der Waals surface area contributed by atoms with Crippen LogP contribution in [0.4, 0.5) is 0 Å². The summed E-state index contributed by atoms with van der Waals surface area (Å²) < 4.78 is 32.7. The maximum absolute atomic E-state index is 12.6. The predicted octanol–water partition coefficient (Wildman–Crippen LogP) is 11.0. The average Bonchev–Trinajstić information content (AvgIpc) is 3.14. The maximum Gasteiger partial charge on any atom is 0.472 e. The van der Waals surface area contributed by atoms with Gasteiger partial charge < -0.3 is 24.6 Å². The fraction of sp³-hybridized carbons (Fsp3) is 0.857. The largest absolute Gasteiger partial charge is 0.472 e. The van der Waals surface area contributed by atoms with Crippen LogP contribution in [0.3, 0.4) is 0 Å². The van der Waals surface area contributed by atoms with Crippen molar-refractivity contribution in [2.24, 2.45) is 0 Å². The highest BCUT2D eigenvalue weighted by atomic mass is 31.2. The van der Waals surface area contributed by atoms with Crippen LogP contribution in [-0.2, 0) is 32.7 Å². The lowest BCUT2D eigenvalue weighted by Crippen LogP contribution is -2.29. The zero-order valence-electron chi connectivity index (χ0n) is 33.7. The fourth-order valence-corrected chi connectivity index (χ4v) is 6.54. The molecular weight excluding hydrogens is 695 g/mol. The summed E-state index contributed by atoms with van der Waals surface area (Å²) in [6.45, 7) is 2.35. The van der Waals surface area contributed by atoms with E-state index in [2.05, 4.69) is 42.7 Å². The number of hydrogen-bond acceptors (Lipinski definition) is 9. The summed E-state index contributed by atoms with van der Waals surface area (Å²) in [7, 11) is -4.62. The SMILES string of the molecule is CCCCCCCC/C=C/CCCCCCCC(=O)O[C@H](COC(=O)CCCCC/C=C/CCCCCCCCCC)COP(=O)(O)OC[C@@H](O)CO. The molecule has 0 saturated carbocycles. The monoisotopic (exact) mass is 775 g/mol. The smallest absolute Gasteiger partial charge is 0.462 e. The van der Waals surface area contributed by atoms with E-state index in [1.54, 1.807) is 0 Å². The van der Waals surface area contributed by atoms with E-state index in [0.29, 0.717) is 12.8 Å². The molecule has 0 bridgehead atoms. The summed E-state index contributed by atoms with van der Waals surface area (Å²) in [6.07, 6.45) is 37.1. The number of esters is 2. The molecule has 0 heterocycles. The van der Waals surface area contributed by atoms with E-state index in [1.807, 2.05) is 0 Å². The summed E-state index contributed by atoms with van der Waals surface area (Å²) in [5.74, 6) is -0.949. The minimum atomic E-state index is -4.62. The lowest BCUT2D eigenvalue weighted by atomic mass is 10.1. The molecule has 312 valence electrons. The van der Waals surface area contributed by atoms with Gasteiger partial charge in [0.05, 0.1) is 19.8 Å². The number of phosphoric acid groups is 1. The van der Waals surface area contributed by atoms with Crippen LogP contribution in [0.2, 0.25) is 0 Å². The van der Waals surface area contributed by atoms with Gasteiger partial charge >= 0.3 is 19.8 Å². The van der Waals surface area contributed by atoms with Crippen molar-refractivity contribution < 1.29 is 47.8 Å². The van der Waals surface area contributed by atoms with Gasteiger partial charge in [-0.15, -0.1) is 0 Å². The molecule has 3 N–H and O–H groups in total. The molecule has 3 atom stereocenters. The number of ether oxygens (including phenoxy) is 2. The van der Waals surface area contributed by atoms with Crippen LogP contribution in [0.25, 0.3) is 0 Å². The molecule has 0 fully saturated rings. The van der Waals surface area contributed by atoms with Crippen LogP contribution in [-0.4, -0.2) is 65.7 Å². The second kappa shape index (κ2) is 38.7. The summed E-state index contributed by atoms with van der Waals surface area (Å²) in [6, 6.07) is 0. The van der Waals surface area contributed by atoms with E-state index in [1.165, 1.54) is 89.9 Å². The standard InChI is InChI=1S/C42H79O10P/c1-3-5-7-9-11-13-15-17-19-21-23-25-27-29-31-33-41(45)49-37-40(38-51-53(47,48)50-36-39(44)35-43)52-42(46)34-32-30-28-26-24-22-20-18-16-14-12-10-8-6-4-2/h18,20-21,23,39-40,43-44H,3-17,19,22,24-38H2,1-2H3,(H,47,48)/b20-18+,23-21+/t39-,40+/m0/s1. The lowest BCUT2D eigenvalue weighted by Gasteiger charge is -2.20. The molecule has 0 amide bonds. The summed E-state index contributed by atoms with van der Waals surface area (Å²) in [4.78, 5) is 34.9. The van der Waals surface area contributed by atoms with E-state index in [0.717, 1.165) is 64.2 Å². The van der Waals surface area contributed by atoms with Gasteiger partial charge in [0.25, 0.3) is 0 Å². The van der Waals surface area contributed by atoms with Gasteiger partial charge in [-0.1, -0.05) is 141 Å². The number of allylic oxidation sites excluding steroid dienone is 4. The number of carbonyl (C=O) groups is 2. The summed E-state index contributed by atoms with van der Waals surface area (Å²) in [5, 5.41) is 18.3. The first-order chi connectivity index (χ1) is 25.7. The van der Waals surface area contributed by atoms with E-state index in [-0.39, 0.29) is 19.4 Å². The van der Waals surface area contributed by atoms with Crippen molar-refractivity contribution in [3.8, 4) is 0 Å². The van der Waals surface area contributed by atoms with Crippen LogP contribution in [0, 0.1) is 0 Å². The summed E-state index contributed by atoms with van der Waals surface area (Å²) >= 11 is 0. The Bertz CT molecular complexity index is 941. The van der Waals surface area contributed by atoms with Crippen molar-refractivity contribution in [3.63, 3.8) is 0 Å². The Balaban J connectivity index is 4.34. The molecule has 0 spiro atoms. The number of unbranched alkanes of at least 4 members (excludes halogenated alkanes) is 22. The highest BCUT2D eigenvalue weighted by Crippen LogP contribution is 2.43. The molecule has 1 unspecified atom stereocenters. The predicted molar refractivity (Wildman–Crippen MR) is 215 cm³/mol. The van der Waals surface area contributed by atoms with Crippen LogP contribution < -0.4 is 0 Å². The number of aliphatic hydroxyl groups is 2. The molecule has 0 rings (SSSR count).